The van der Waals surface area contributed by atoms with Gasteiger partial charge in [-0.15, -0.1) is 0 Å². The third kappa shape index (κ3) is 9.99. The molecule has 3 aromatic carbocycles. The van der Waals surface area contributed by atoms with Crippen molar-refractivity contribution in [3.63, 3.8) is 0 Å². The summed E-state index contributed by atoms with van der Waals surface area (Å²) in [4.78, 5) is -1.35. The average molecular weight is 718 g/mol. The van der Waals surface area contributed by atoms with Crippen LogP contribution in [0.25, 0.3) is 0 Å². The van der Waals surface area contributed by atoms with Crippen LogP contribution in [0, 0.1) is 39.5 Å². The molecule has 0 unspecified atom stereocenters. The van der Waals surface area contributed by atoms with Crippen molar-refractivity contribution >= 4 is 20.0 Å². The number of halogens is 9. The van der Waals surface area contributed by atoms with Gasteiger partial charge in [-0.2, -0.15) is 26.3 Å². The predicted molar refractivity (Wildman–Crippen MR) is 120 cm³/mol. The number of hydrogen-bond donors (Lipinski definition) is 0. The molecule has 0 aliphatic rings. The summed E-state index contributed by atoms with van der Waals surface area (Å²) < 4.78 is 145. The smallest absolute Gasteiger partial charge is 0.502 e. The highest BCUT2D eigenvalue weighted by molar-refractivity contribution is 7.92. The topological polar surface area (TPSA) is 91.3 Å². The quantitative estimate of drug-likeness (QED) is 0.180. The van der Waals surface area contributed by atoms with Gasteiger partial charge in [-0.3, -0.25) is 0 Å². The van der Waals surface area contributed by atoms with E-state index in [0.29, 0.717) is 12.1 Å². The number of sulfone groups is 1. The Morgan fingerprint density at radius 3 is 1.49 bits per heavy atom. The number of alkyl halides is 6. The van der Waals surface area contributed by atoms with Crippen molar-refractivity contribution in [2.45, 2.75) is 36.7 Å². The van der Waals surface area contributed by atoms with Crippen LogP contribution in [0.5, 0.6) is 0 Å². The first-order valence-electron chi connectivity index (χ1n) is 10.1. The third-order valence-electron chi connectivity index (χ3n) is 4.32. The highest BCUT2D eigenvalue weighted by Crippen LogP contribution is 2.31. The van der Waals surface area contributed by atoms with Crippen molar-refractivity contribution in [3.8, 4) is 0 Å². The molecule has 16 heteroatoms. The van der Waals surface area contributed by atoms with E-state index >= 15 is 0 Å². The molecule has 0 radical (unpaired) electrons. The lowest BCUT2D eigenvalue weighted by atomic mass is 10.1. The van der Waals surface area contributed by atoms with Crippen molar-refractivity contribution in [3.05, 3.63) is 96.1 Å². The Labute approximate surface area is 229 Å². The minimum Gasteiger partial charge on any atom is -0.741 e. The zero-order valence-electron chi connectivity index (χ0n) is 20.0. The highest BCUT2D eigenvalue weighted by atomic mass is 127. The second kappa shape index (κ2) is 13.4. The first kappa shape index (κ1) is 34.7. The molecule has 0 heterocycles. The summed E-state index contributed by atoms with van der Waals surface area (Å²) in [6.45, 7) is 6.34. The summed E-state index contributed by atoms with van der Waals surface area (Å²) >= 11 is -0.424. The van der Waals surface area contributed by atoms with Gasteiger partial charge in [0.25, 0.3) is 9.84 Å². The Kier molecular flexibility index (Phi) is 11.9. The fraction of sp³-hybridized carbons (Fsp3) is 0.217. The van der Waals surface area contributed by atoms with Gasteiger partial charge in [0.2, 0.25) is 3.57 Å². The SMILES string of the molecule is Cc1cc(C)c([I+]c2ccccc2F)c(C)c1.O=S(=O)([O-])C(F)(F)F.O=S(=O)(c1ccccc1F)C(F)(F)F. The molecule has 0 atom stereocenters. The van der Waals surface area contributed by atoms with Gasteiger partial charge in [-0.25, -0.2) is 25.6 Å². The molecule has 39 heavy (non-hydrogen) atoms. The minimum atomic E-state index is -6.09. The predicted octanol–water partition coefficient (Wildman–Crippen LogP) is 3.05. The van der Waals surface area contributed by atoms with Crippen LogP contribution in [0.2, 0.25) is 0 Å². The summed E-state index contributed by atoms with van der Waals surface area (Å²) in [5, 5.41) is 0. The van der Waals surface area contributed by atoms with Gasteiger partial charge in [0.1, 0.15) is 10.7 Å². The molecule has 0 spiro atoms. The maximum absolute atomic E-state index is 13.6. The Morgan fingerprint density at radius 1 is 0.692 bits per heavy atom. The molecular weight excluding hydrogens is 699 g/mol. The van der Waals surface area contributed by atoms with Crippen LogP contribution in [0.1, 0.15) is 16.7 Å². The molecule has 0 fully saturated rings. The van der Waals surface area contributed by atoms with Crippen LogP contribution in [-0.4, -0.2) is 32.4 Å². The molecular formula is C23H19F8IO5S2. The Morgan fingerprint density at radius 2 is 1.10 bits per heavy atom. The van der Waals surface area contributed by atoms with E-state index in [1.54, 1.807) is 12.1 Å². The molecule has 0 saturated carbocycles. The molecule has 0 bridgehead atoms. The molecule has 0 aliphatic carbocycles. The largest absolute Gasteiger partial charge is 0.741 e. The second-order valence-electron chi connectivity index (χ2n) is 7.50. The third-order valence-corrected chi connectivity index (χ3v) is 10.1. The van der Waals surface area contributed by atoms with Gasteiger partial charge in [-0.05, 0) is 45.0 Å². The van der Waals surface area contributed by atoms with Crippen LogP contribution >= 0.6 is 0 Å². The van der Waals surface area contributed by atoms with E-state index in [2.05, 4.69) is 32.9 Å². The van der Waals surface area contributed by atoms with Crippen LogP contribution in [0.3, 0.4) is 0 Å². The average Bonchev–Trinajstić information content (AvgIpc) is 2.76. The molecule has 0 N–H and O–H groups in total. The number of aryl methyl sites for hydroxylation is 3. The van der Waals surface area contributed by atoms with E-state index in [1.165, 1.54) is 20.3 Å². The molecule has 0 aliphatic heterocycles. The first-order valence-corrected chi connectivity index (χ1v) is 15.2. The summed E-state index contributed by atoms with van der Waals surface area (Å²) in [6, 6.07) is 14.8. The standard InChI is InChI=1S/C15H15FI.C7H4F4O2S.CHF3O3S/c1-10-8-11(2)15(12(3)9-10)17-14-7-5-4-6-13(14)16;8-5-3-1-2-4-6(5)14(12,13)7(9,10)11;2-1(3,4)8(5,6)7/h4-9H,1-3H3;1-4H;(H,5,6,7)/q+1;;/p-1. The molecule has 0 aromatic heterocycles. The molecule has 0 amide bonds. The zero-order valence-corrected chi connectivity index (χ0v) is 23.8. The van der Waals surface area contributed by atoms with Crippen molar-refractivity contribution in [1.29, 1.82) is 0 Å². The fourth-order valence-electron chi connectivity index (χ4n) is 2.72. The lowest BCUT2D eigenvalue weighted by Crippen LogP contribution is -3.62. The molecule has 3 aromatic rings. The molecule has 0 saturated heterocycles. The summed E-state index contributed by atoms with van der Waals surface area (Å²) in [5.74, 6) is -1.48. The zero-order chi connectivity index (χ0) is 30.4. The van der Waals surface area contributed by atoms with Gasteiger partial charge in [0.15, 0.2) is 19.5 Å². The van der Waals surface area contributed by atoms with Crippen molar-refractivity contribution < 1.29 is 77.7 Å². The van der Waals surface area contributed by atoms with Gasteiger partial charge < -0.3 is 4.55 Å². The lowest BCUT2D eigenvalue weighted by Gasteiger charge is -2.08. The van der Waals surface area contributed by atoms with Crippen LogP contribution in [0.15, 0.2) is 65.6 Å². The van der Waals surface area contributed by atoms with Gasteiger partial charge in [0.05, 0.1) is 0 Å². The molecule has 216 valence electrons. The second-order valence-corrected chi connectivity index (χ2v) is 13.6. The molecule has 3 rings (SSSR count). The van der Waals surface area contributed by atoms with Crippen LogP contribution in [-0.2, 0) is 20.0 Å². The fourth-order valence-corrected chi connectivity index (χ4v) is 6.12. The maximum Gasteiger partial charge on any atom is 0.502 e. The number of benzene rings is 3. The van der Waals surface area contributed by atoms with E-state index in [9.17, 15) is 43.5 Å². The highest BCUT2D eigenvalue weighted by Gasteiger charge is 2.48. The van der Waals surface area contributed by atoms with E-state index < -0.39 is 62.9 Å². The van der Waals surface area contributed by atoms with Crippen LogP contribution < -0.4 is 21.2 Å². The maximum atomic E-state index is 13.6. The number of hydrogen-bond acceptors (Lipinski definition) is 5. The monoisotopic (exact) mass is 718 g/mol. The van der Waals surface area contributed by atoms with E-state index in [0.717, 1.165) is 15.7 Å². The van der Waals surface area contributed by atoms with Gasteiger partial charge in [-0.1, -0.05) is 42.0 Å². The first-order chi connectivity index (χ1) is 17.6. The normalized spacial score (nSPS) is 12.1. The van der Waals surface area contributed by atoms with E-state index in [4.69, 9.17) is 13.0 Å². The van der Waals surface area contributed by atoms with Crippen molar-refractivity contribution in [1.82, 2.24) is 0 Å². The summed E-state index contributed by atoms with van der Waals surface area (Å²) in [6.07, 6.45) is 0. The van der Waals surface area contributed by atoms with Crippen molar-refractivity contribution in [2.75, 3.05) is 0 Å². The molecule has 5 nitrogen and oxygen atoms in total. The van der Waals surface area contributed by atoms with Gasteiger partial charge >= 0.3 is 32.2 Å². The Hall–Kier alpha value is -2.31. The van der Waals surface area contributed by atoms with Crippen LogP contribution in [0.4, 0.5) is 35.1 Å². The Bertz CT molecular complexity index is 1480. The summed E-state index contributed by atoms with van der Waals surface area (Å²) in [7, 11) is -11.7. The van der Waals surface area contributed by atoms with E-state index in [-0.39, 0.29) is 5.82 Å². The Balaban J connectivity index is 0.000000313. The lowest BCUT2D eigenvalue weighted by molar-refractivity contribution is -0.601. The summed E-state index contributed by atoms with van der Waals surface area (Å²) in [5.41, 5.74) is -7.26. The van der Waals surface area contributed by atoms with Gasteiger partial charge in [0, 0.05) is 11.1 Å². The van der Waals surface area contributed by atoms with E-state index in [1.807, 2.05) is 12.1 Å². The minimum absolute atomic E-state index is 0.0697. The van der Waals surface area contributed by atoms with Crippen molar-refractivity contribution in [2.24, 2.45) is 0 Å². The number of rotatable bonds is 3.